The lowest BCUT2D eigenvalue weighted by Crippen LogP contribution is -2.25. The molecule has 0 N–H and O–H groups in total. The molecule has 0 radical (unpaired) electrons. The average Bonchev–Trinajstić information content (AvgIpc) is 2.52. The Labute approximate surface area is 134 Å². The van der Waals surface area contributed by atoms with E-state index in [4.69, 9.17) is 4.74 Å². The Morgan fingerprint density at radius 1 is 1.18 bits per heavy atom. The molecule has 0 aliphatic carbocycles. The zero-order chi connectivity index (χ0) is 16.2. The summed E-state index contributed by atoms with van der Waals surface area (Å²) in [5.41, 5.74) is 2.65. The molecule has 0 spiro atoms. The van der Waals surface area contributed by atoms with Crippen LogP contribution < -0.4 is 4.74 Å². The summed E-state index contributed by atoms with van der Waals surface area (Å²) in [6.45, 7) is 5.68. The summed E-state index contributed by atoms with van der Waals surface area (Å²) in [4.78, 5) is 4.34. The summed E-state index contributed by atoms with van der Waals surface area (Å²) in [6, 6.07) is 11.6. The minimum absolute atomic E-state index is 0.383. The van der Waals surface area contributed by atoms with Crippen LogP contribution in [0.25, 0.3) is 11.1 Å². The number of benzene rings is 1. The van der Waals surface area contributed by atoms with E-state index < -0.39 is 11.4 Å². The number of rotatable bonds is 4. The number of aromatic nitrogens is 1. The van der Waals surface area contributed by atoms with Gasteiger partial charge in [0.15, 0.2) is 0 Å². The van der Waals surface area contributed by atoms with Crippen LogP contribution in [-0.2, 0) is 11.4 Å². The van der Waals surface area contributed by atoms with Crippen LogP contribution in [0.15, 0.2) is 47.0 Å². The highest BCUT2D eigenvalue weighted by molar-refractivity contribution is 7.91. The molecule has 4 nitrogen and oxygen atoms in total. The third kappa shape index (κ3) is 4.08. The van der Waals surface area contributed by atoms with Gasteiger partial charge in [-0.1, -0.05) is 22.6 Å². The van der Waals surface area contributed by atoms with Gasteiger partial charge in [-0.3, -0.25) is 4.98 Å². The van der Waals surface area contributed by atoms with Gasteiger partial charge < -0.3 is 9.29 Å². The van der Waals surface area contributed by atoms with Gasteiger partial charge in [0, 0.05) is 11.8 Å². The third-order valence-electron chi connectivity index (χ3n) is 3.03. The predicted molar refractivity (Wildman–Crippen MR) is 91.7 cm³/mol. The summed E-state index contributed by atoms with van der Waals surface area (Å²) >= 11 is -1.30. The van der Waals surface area contributed by atoms with Crippen molar-refractivity contribution in [3.05, 3.63) is 48.3 Å². The van der Waals surface area contributed by atoms with Crippen LogP contribution in [0.4, 0.5) is 0 Å². The Hall–Kier alpha value is -1.85. The van der Waals surface area contributed by atoms with Crippen molar-refractivity contribution >= 4 is 17.6 Å². The second-order valence-corrected chi connectivity index (χ2v) is 7.69. The van der Waals surface area contributed by atoms with Crippen molar-refractivity contribution in [1.82, 2.24) is 4.98 Å². The predicted octanol–water partition coefficient (Wildman–Crippen LogP) is 3.64. The molecule has 0 saturated carbocycles. The smallest absolute Gasteiger partial charge is 0.144 e. The Bertz CT molecular complexity index is 648. The maximum Gasteiger partial charge on any atom is 0.144 e. The molecule has 1 heterocycles. The molecule has 22 heavy (non-hydrogen) atoms. The van der Waals surface area contributed by atoms with Gasteiger partial charge in [-0.05, 0) is 44.5 Å². The molecule has 5 heteroatoms. The van der Waals surface area contributed by atoms with Gasteiger partial charge in [-0.25, -0.2) is 0 Å². The fraction of sp³-hybridized carbons (Fsp3) is 0.294. The molecule has 0 bridgehead atoms. The van der Waals surface area contributed by atoms with Crippen molar-refractivity contribution in [3.8, 4) is 16.9 Å². The van der Waals surface area contributed by atoms with Crippen LogP contribution in [0.5, 0.6) is 5.75 Å². The van der Waals surface area contributed by atoms with Gasteiger partial charge >= 0.3 is 0 Å². The summed E-state index contributed by atoms with van der Waals surface area (Å²) < 4.78 is 21.0. The zero-order valence-corrected chi connectivity index (χ0v) is 14.1. The van der Waals surface area contributed by atoms with E-state index in [-0.39, 0.29) is 4.75 Å². The molecule has 1 aromatic heterocycles. The van der Waals surface area contributed by atoms with Gasteiger partial charge in [-0.2, -0.15) is 0 Å². The summed E-state index contributed by atoms with van der Waals surface area (Å²) in [7, 11) is 1.64. The summed E-state index contributed by atoms with van der Waals surface area (Å²) in [5.74, 6) is 0.802. The zero-order valence-electron chi connectivity index (χ0n) is 13.2. The molecule has 0 aliphatic rings. The maximum absolute atomic E-state index is 12.0. The largest absolute Gasteiger partial charge is 0.591 e. The minimum Gasteiger partial charge on any atom is -0.591 e. The average molecular weight is 316 g/mol. The van der Waals surface area contributed by atoms with Crippen molar-refractivity contribution in [2.24, 2.45) is 4.40 Å². The fourth-order valence-electron chi connectivity index (χ4n) is 1.79. The van der Waals surface area contributed by atoms with Gasteiger partial charge in [0.05, 0.1) is 12.8 Å². The highest BCUT2D eigenvalue weighted by Crippen LogP contribution is 2.24. The van der Waals surface area contributed by atoms with E-state index >= 15 is 0 Å². The van der Waals surface area contributed by atoms with Crippen LogP contribution in [0, 0.1) is 0 Å². The van der Waals surface area contributed by atoms with Gasteiger partial charge in [-0.15, -0.1) is 0 Å². The molecule has 0 saturated heterocycles. The second kappa shape index (κ2) is 6.94. The van der Waals surface area contributed by atoms with Crippen LogP contribution in [0.2, 0.25) is 0 Å². The molecule has 0 fully saturated rings. The third-order valence-corrected chi connectivity index (χ3v) is 4.38. The molecule has 2 aromatic rings. The molecule has 1 aromatic carbocycles. The SMILES string of the molecule is COc1ccc(-c2cccnc2/C=N/[S+]([O-])C(C)(C)C)cc1. The Kier molecular flexibility index (Phi) is 5.21. The number of pyridine rings is 1. The highest BCUT2D eigenvalue weighted by Gasteiger charge is 2.26. The quantitative estimate of drug-likeness (QED) is 0.639. The topological polar surface area (TPSA) is 57.5 Å². The lowest BCUT2D eigenvalue weighted by molar-refractivity contribution is 0.415. The van der Waals surface area contributed by atoms with Crippen LogP contribution in [-0.4, -0.2) is 27.6 Å². The van der Waals surface area contributed by atoms with E-state index in [0.29, 0.717) is 5.69 Å². The first kappa shape index (κ1) is 16.5. The number of nitrogens with zero attached hydrogens (tertiary/aromatic N) is 2. The molecule has 116 valence electrons. The first-order chi connectivity index (χ1) is 10.4. The van der Waals surface area contributed by atoms with Crippen LogP contribution >= 0.6 is 0 Å². The monoisotopic (exact) mass is 316 g/mol. The summed E-state index contributed by atoms with van der Waals surface area (Å²) in [6.07, 6.45) is 3.29. The van der Waals surface area contributed by atoms with Crippen molar-refractivity contribution in [2.45, 2.75) is 25.5 Å². The van der Waals surface area contributed by atoms with Crippen molar-refractivity contribution in [1.29, 1.82) is 0 Å². The molecular weight excluding hydrogens is 296 g/mol. The molecular formula is C17H20N2O2S. The first-order valence-electron chi connectivity index (χ1n) is 6.97. The van der Waals surface area contributed by atoms with Crippen molar-refractivity contribution < 1.29 is 9.29 Å². The normalized spacial score (nSPS) is 13.3. The van der Waals surface area contributed by atoms with E-state index in [1.807, 2.05) is 57.2 Å². The van der Waals surface area contributed by atoms with E-state index in [9.17, 15) is 4.55 Å². The van der Waals surface area contributed by atoms with Crippen molar-refractivity contribution in [2.75, 3.05) is 7.11 Å². The van der Waals surface area contributed by atoms with E-state index in [0.717, 1.165) is 16.9 Å². The molecule has 2 rings (SSSR count). The second-order valence-electron chi connectivity index (χ2n) is 5.76. The number of methoxy groups -OCH3 is 1. The molecule has 0 amide bonds. The fourth-order valence-corrected chi connectivity index (χ4v) is 2.30. The lowest BCUT2D eigenvalue weighted by Gasteiger charge is -2.17. The highest BCUT2D eigenvalue weighted by atomic mass is 32.2. The minimum atomic E-state index is -1.30. The Balaban J connectivity index is 2.32. The van der Waals surface area contributed by atoms with Gasteiger partial charge in [0.25, 0.3) is 0 Å². The molecule has 1 atom stereocenters. The van der Waals surface area contributed by atoms with E-state index in [1.54, 1.807) is 19.5 Å². The van der Waals surface area contributed by atoms with Crippen LogP contribution in [0.3, 0.4) is 0 Å². The Morgan fingerprint density at radius 3 is 2.45 bits per heavy atom. The maximum atomic E-state index is 12.0. The summed E-state index contributed by atoms with van der Waals surface area (Å²) in [5, 5.41) is 0. The number of ether oxygens (including phenoxy) is 1. The van der Waals surface area contributed by atoms with Gasteiger partial charge in [0.2, 0.25) is 0 Å². The lowest BCUT2D eigenvalue weighted by atomic mass is 10.0. The van der Waals surface area contributed by atoms with Crippen molar-refractivity contribution in [3.63, 3.8) is 0 Å². The molecule has 1 unspecified atom stereocenters. The van der Waals surface area contributed by atoms with E-state index in [2.05, 4.69) is 9.38 Å². The number of hydrogen-bond acceptors (Lipinski definition) is 4. The number of hydrogen-bond donors (Lipinski definition) is 0. The van der Waals surface area contributed by atoms with Crippen LogP contribution in [0.1, 0.15) is 26.5 Å². The van der Waals surface area contributed by atoms with E-state index in [1.165, 1.54) is 0 Å². The first-order valence-corrected chi connectivity index (χ1v) is 8.08. The molecule has 0 aliphatic heterocycles. The Morgan fingerprint density at radius 2 is 1.86 bits per heavy atom. The van der Waals surface area contributed by atoms with Gasteiger partial charge in [0.1, 0.15) is 28.1 Å². The standard InChI is InChI=1S/C17H20N2O2S/c1-17(2,3)22(20)19-12-16-15(6-5-11-18-16)13-7-9-14(21-4)10-8-13/h5-12H,1-4H3/b19-12+.